The first-order chi connectivity index (χ1) is 18.2. The Balaban J connectivity index is 1.61. The number of fused-ring (bicyclic) bond motifs is 3. The molecule has 4 aromatic heterocycles. The summed E-state index contributed by atoms with van der Waals surface area (Å²) in [6.07, 6.45) is 5.43. The van der Waals surface area contributed by atoms with E-state index in [1.54, 1.807) is 24.7 Å². The summed E-state index contributed by atoms with van der Waals surface area (Å²) < 4.78 is 19.7. The number of aryl methyl sites for hydroxylation is 1. The average molecular weight is 486 g/mol. The van der Waals surface area contributed by atoms with E-state index in [4.69, 9.17) is 15.1 Å². The van der Waals surface area contributed by atoms with Gasteiger partial charge in [0.25, 0.3) is 0 Å². The van der Waals surface area contributed by atoms with Gasteiger partial charge in [-0.05, 0) is 61.5 Å². The summed E-state index contributed by atoms with van der Waals surface area (Å²) in [5, 5.41) is 4.96. The lowest BCUT2D eigenvalue weighted by molar-refractivity contribution is 0.628. The van der Waals surface area contributed by atoms with Crippen LogP contribution >= 0.6 is 0 Å². The SMILES string of the molecule is Cc1nn(-c2ccccc2)c(-n2ccnc2)c1-c1cc(-c2ccc(F)cc2)nc2nc3ccccc3n12. The number of hydrogen-bond donors (Lipinski definition) is 0. The maximum absolute atomic E-state index is 13.7. The van der Waals surface area contributed by atoms with Gasteiger partial charge in [0.2, 0.25) is 5.78 Å². The number of nitrogens with zero attached hydrogens (tertiary/aromatic N) is 7. The number of benzene rings is 3. The Morgan fingerprint density at radius 2 is 1.62 bits per heavy atom. The molecule has 7 nitrogen and oxygen atoms in total. The van der Waals surface area contributed by atoms with Gasteiger partial charge in [-0.3, -0.25) is 8.97 Å². The minimum absolute atomic E-state index is 0.293. The van der Waals surface area contributed by atoms with Crippen molar-refractivity contribution in [2.75, 3.05) is 0 Å². The molecule has 0 saturated carbocycles. The lowest BCUT2D eigenvalue weighted by Gasteiger charge is -2.13. The van der Waals surface area contributed by atoms with Gasteiger partial charge in [0, 0.05) is 18.0 Å². The number of aromatic nitrogens is 7. The molecule has 178 valence electrons. The fourth-order valence-electron chi connectivity index (χ4n) is 4.80. The smallest absolute Gasteiger partial charge is 0.235 e. The van der Waals surface area contributed by atoms with Gasteiger partial charge in [0.05, 0.1) is 39.4 Å². The van der Waals surface area contributed by atoms with E-state index in [-0.39, 0.29) is 5.82 Å². The van der Waals surface area contributed by atoms with Crippen molar-refractivity contribution < 1.29 is 4.39 Å². The Kier molecular flexibility index (Phi) is 4.72. The van der Waals surface area contributed by atoms with Crippen LogP contribution in [0.1, 0.15) is 5.69 Å². The van der Waals surface area contributed by atoms with Crippen LogP contribution in [0.15, 0.2) is 104 Å². The molecular weight excluding hydrogens is 465 g/mol. The van der Waals surface area contributed by atoms with E-state index in [9.17, 15) is 4.39 Å². The predicted molar refractivity (Wildman–Crippen MR) is 140 cm³/mol. The number of halogens is 1. The Labute approximate surface area is 211 Å². The molecule has 7 rings (SSSR count). The van der Waals surface area contributed by atoms with Crippen LogP contribution in [0.2, 0.25) is 0 Å². The zero-order chi connectivity index (χ0) is 24.9. The van der Waals surface area contributed by atoms with Crippen LogP contribution in [-0.4, -0.2) is 33.7 Å². The van der Waals surface area contributed by atoms with E-state index in [1.807, 2.05) is 83.0 Å². The first-order valence-electron chi connectivity index (χ1n) is 11.9. The maximum atomic E-state index is 13.7. The van der Waals surface area contributed by atoms with Crippen molar-refractivity contribution in [3.63, 3.8) is 0 Å². The number of para-hydroxylation sites is 3. The highest BCUT2D eigenvalue weighted by Gasteiger charge is 2.24. The number of rotatable bonds is 4. The molecule has 4 heterocycles. The fraction of sp³-hybridized carbons (Fsp3) is 0.0345. The monoisotopic (exact) mass is 485 g/mol. The van der Waals surface area contributed by atoms with Crippen molar-refractivity contribution in [3.05, 3.63) is 115 Å². The summed E-state index contributed by atoms with van der Waals surface area (Å²) in [5.41, 5.74) is 6.83. The van der Waals surface area contributed by atoms with Crippen LogP contribution in [0, 0.1) is 12.7 Å². The Bertz CT molecular complexity index is 1880. The summed E-state index contributed by atoms with van der Waals surface area (Å²) in [6.45, 7) is 2.00. The third-order valence-corrected chi connectivity index (χ3v) is 6.46. The van der Waals surface area contributed by atoms with Gasteiger partial charge in [-0.1, -0.05) is 30.3 Å². The Morgan fingerprint density at radius 1 is 0.838 bits per heavy atom. The van der Waals surface area contributed by atoms with Gasteiger partial charge < -0.3 is 0 Å². The van der Waals surface area contributed by atoms with E-state index < -0.39 is 0 Å². The van der Waals surface area contributed by atoms with Gasteiger partial charge in [0.15, 0.2) is 5.82 Å². The third-order valence-electron chi connectivity index (χ3n) is 6.46. The van der Waals surface area contributed by atoms with Gasteiger partial charge in [-0.25, -0.2) is 24.0 Å². The van der Waals surface area contributed by atoms with Crippen molar-refractivity contribution in [3.8, 4) is 34.0 Å². The second kappa shape index (κ2) is 8.23. The molecule has 8 heteroatoms. The first kappa shape index (κ1) is 21.2. The molecule has 0 radical (unpaired) electrons. The standard InChI is InChI=1S/C29H20FN7/c1-19-27(28(35-16-15-31-18-35)37(34-19)22-7-3-2-4-8-22)26-17-24(20-11-13-21(30)14-12-20)33-29-32-23-9-5-6-10-25(23)36(26)29/h2-18H,1H3. The van der Waals surface area contributed by atoms with Crippen molar-refractivity contribution in [1.82, 2.24) is 33.7 Å². The molecule has 0 bridgehead atoms. The van der Waals surface area contributed by atoms with Gasteiger partial charge in [-0.2, -0.15) is 5.10 Å². The number of hydrogen-bond acceptors (Lipinski definition) is 4. The van der Waals surface area contributed by atoms with Crippen molar-refractivity contribution in [2.24, 2.45) is 0 Å². The van der Waals surface area contributed by atoms with Crippen LogP contribution in [0.3, 0.4) is 0 Å². The fourth-order valence-corrected chi connectivity index (χ4v) is 4.80. The summed E-state index contributed by atoms with van der Waals surface area (Å²) >= 11 is 0. The summed E-state index contributed by atoms with van der Waals surface area (Å²) in [4.78, 5) is 14.0. The molecule has 0 aliphatic carbocycles. The minimum Gasteiger partial charge on any atom is -0.290 e. The van der Waals surface area contributed by atoms with E-state index in [0.717, 1.165) is 45.1 Å². The van der Waals surface area contributed by atoms with Crippen LogP contribution in [0.25, 0.3) is 50.8 Å². The van der Waals surface area contributed by atoms with Crippen molar-refractivity contribution in [2.45, 2.75) is 6.92 Å². The molecule has 0 unspecified atom stereocenters. The molecule has 0 atom stereocenters. The van der Waals surface area contributed by atoms with Crippen LogP contribution in [0.5, 0.6) is 0 Å². The number of imidazole rings is 2. The quantitative estimate of drug-likeness (QED) is 0.305. The zero-order valence-electron chi connectivity index (χ0n) is 19.8. The summed E-state index contributed by atoms with van der Waals surface area (Å²) in [7, 11) is 0. The lowest BCUT2D eigenvalue weighted by atomic mass is 10.1. The highest BCUT2D eigenvalue weighted by atomic mass is 19.1. The van der Waals surface area contributed by atoms with Gasteiger partial charge in [-0.15, -0.1) is 0 Å². The largest absolute Gasteiger partial charge is 0.290 e. The van der Waals surface area contributed by atoms with Crippen LogP contribution < -0.4 is 0 Å². The third kappa shape index (κ3) is 3.41. The molecule has 0 amide bonds. The van der Waals surface area contributed by atoms with Crippen LogP contribution in [-0.2, 0) is 0 Å². The molecule has 3 aromatic carbocycles. The van der Waals surface area contributed by atoms with E-state index >= 15 is 0 Å². The highest BCUT2D eigenvalue weighted by Crippen LogP contribution is 2.36. The second-order valence-electron chi connectivity index (χ2n) is 8.77. The van der Waals surface area contributed by atoms with E-state index in [2.05, 4.69) is 9.38 Å². The van der Waals surface area contributed by atoms with E-state index in [0.29, 0.717) is 11.5 Å². The molecule has 0 saturated heterocycles. The molecule has 0 N–H and O–H groups in total. The molecule has 0 aliphatic rings. The highest BCUT2D eigenvalue weighted by molar-refractivity contribution is 5.86. The normalized spacial score (nSPS) is 11.5. The molecule has 0 fully saturated rings. The predicted octanol–water partition coefficient (Wildman–Crippen LogP) is 6.04. The molecule has 0 aliphatic heterocycles. The van der Waals surface area contributed by atoms with Gasteiger partial charge >= 0.3 is 0 Å². The zero-order valence-corrected chi connectivity index (χ0v) is 19.8. The maximum Gasteiger partial charge on any atom is 0.235 e. The topological polar surface area (TPSA) is 65.8 Å². The Hall–Kier alpha value is -5.11. The molecule has 37 heavy (non-hydrogen) atoms. The minimum atomic E-state index is -0.293. The molecule has 7 aromatic rings. The van der Waals surface area contributed by atoms with Crippen molar-refractivity contribution in [1.29, 1.82) is 0 Å². The van der Waals surface area contributed by atoms with Gasteiger partial charge in [0.1, 0.15) is 12.1 Å². The average Bonchev–Trinajstić information content (AvgIpc) is 3.66. The summed E-state index contributed by atoms with van der Waals surface area (Å²) in [6, 6.07) is 26.3. The summed E-state index contributed by atoms with van der Waals surface area (Å²) in [5.74, 6) is 1.11. The molecule has 0 spiro atoms. The first-order valence-corrected chi connectivity index (χ1v) is 11.9. The Morgan fingerprint density at radius 3 is 2.41 bits per heavy atom. The second-order valence-corrected chi connectivity index (χ2v) is 8.77. The van der Waals surface area contributed by atoms with Crippen LogP contribution in [0.4, 0.5) is 4.39 Å². The van der Waals surface area contributed by atoms with E-state index in [1.165, 1.54) is 12.1 Å². The molecular formula is C29H20FN7. The lowest BCUT2D eigenvalue weighted by Crippen LogP contribution is -2.06. The van der Waals surface area contributed by atoms with Crippen molar-refractivity contribution >= 4 is 16.8 Å².